The van der Waals surface area contributed by atoms with Crippen LogP contribution < -0.4 is 5.09 Å². The van der Waals surface area contributed by atoms with E-state index < -0.39 is 7.75 Å². The molecule has 0 heterocycles. The van der Waals surface area contributed by atoms with Crippen molar-refractivity contribution >= 4 is 19.7 Å². The van der Waals surface area contributed by atoms with Crippen molar-refractivity contribution in [3.05, 3.63) is 0 Å². The van der Waals surface area contributed by atoms with Crippen LogP contribution in [0.4, 0.5) is 0 Å². The molecule has 0 fully saturated rings. The monoisotopic (exact) mass is 648 g/mol. The predicted molar refractivity (Wildman–Crippen MR) is 181 cm³/mol. The van der Waals surface area contributed by atoms with Gasteiger partial charge >= 0.3 is 19.7 Å². The molecule has 44 heavy (non-hydrogen) atoms. The smallest absolute Gasteiger partial charge is 0.405 e. The molecule has 1 N–H and O–H groups in total. The number of likely N-dealkylation sites (N-methyl/N-ethyl adjacent to an activating group) is 1. The van der Waals surface area contributed by atoms with Crippen molar-refractivity contribution in [1.29, 1.82) is 0 Å². The van der Waals surface area contributed by atoms with Gasteiger partial charge in [-0.15, -0.1) is 0 Å². The minimum Gasteiger partial charge on any atom is -0.466 e. The van der Waals surface area contributed by atoms with Crippen LogP contribution >= 0.6 is 7.75 Å². The molecule has 0 aromatic rings. The van der Waals surface area contributed by atoms with E-state index >= 15 is 0 Å². The number of hydrogen-bond acceptors (Lipinski definition) is 8. The Morgan fingerprint density at radius 3 is 1.32 bits per heavy atom. The van der Waals surface area contributed by atoms with E-state index in [1.165, 1.54) is 64.2 Å². The molecule has 0 bridgehead atoms. The summed E-state index contributed by atoms with van der Waals surface area (Å²) in [6.07, 6.45) is 22.0. The van der Waals surface area contributed by atoms with Gasteiger partial charge in [0.1, 0.15) is 0 Å². The summed E-state index contributed by atoms with van der Waals surface area (Å²) in [7, 11) is 0.471. The number of carbonyl (C=O) groups excluding carboxylic acids is 2. The fraction of sp³-hybridized carbons (Fsp3) is 0.941. The van der Waals surface area contributed by atoms with Crippen molar-refractivity contribution < 1.29 is 32.7 Å². The Morgan fingerprint density at radius 1 is 0.545 bits per heavy atom. The largest absolute Gasteiger partial charge is 0.466 e. The highest BCUT2D eigenvalue weighted by atomic mass is 31.2. The Bertz CT molecular complexity index is 661. The van der Waals surface area contributed by atoms with Gasteiger partial charge < -0.3 is 14.4 Å². The number of ether oxygens (including phenoxy) is 2. The summed E-state index contributed by atoms with van der Waals surface area (Å²) >= 11 is 0. The Morgan fingerprint density at radius 2 is 0.909 bits per heavy atom. The molecule has 0 aliphatic rings. The number of carbonyl (C=O) groups is 2. The molecule has 0 saturated carbocycles. The Kier molecular flexibility index (Phi) is 31.3. The van der Waals surface area contributed by atoms with Gasteiger partial charge in [0.25, 0.3) is 0 Å². The van der Waals surface area contributed by atoms with Crippen LogP contribution in [0.5, 0.6) is 0 Å². The molecular formula is C34H69N2O7P. The van der Waals surface area contributed by atoms with E-state index in [-0.39, 0.29) is 11.9 Å². The molecule has 0 rings (SSSR count). The molecule has 0 aliphatic heterocycles. The lowest BCUT2D eigenvalue weighted by Crippen LogP contribution is -2.26. The Labute approximate surface area is 270 Å². The maximum Gasteiger partial charge on any atom is 0.405 e. The van der Waals surface area contributed by atoms with Crippen LogP contribution in [-0.4, -0.2) is 70.5 Å². The van der Waals surface area contributed by atoms with Gasteiger partial charge in [-0.3, -0.25) is 18.6 Å². The Hall–Kier alpha value is -0.990. The number of nitrogens with one attached hydrogen (secondary N) is 1. The normalized spacial score (nSPS) is 11.8. The van der Waals surface area contributed by atoms with E-state index in [0.717, 1.165) is 51.4 Å². The summed E-state index contributed by atoms with van der Waals surface area (Å²) < 4.78 is 35.3. The SMILES string of the molecule is CCCCCCCCCOC(=O)CCCCCOP(=O)(NCCN(C)C)OCCCCCC(=O)OCCCCCCCCC. The number of unbranched alkanes of at least 4 members (excludes halogenated alkanes) is 16. The van der Waals surface area contributed by atoms with Gasteiger partial charge in [-0.05, 0) is 52.6 Å². The van der Waals surface area contributed by atoms with Gasteiger partial charge in [0.2, 0.25) is 0 Å². The van der Waals surface area contributed by atoms with Gasteiger partial charge in [-0.25, -0.2) is 9.65 Å². The summed E-state index contributed by atoms with van der Waals surface area (Å²) in [5.41, 5.74) is 0. The third-order valence-electron chi connectivity index (χ3n) is 7.46. The zero-order valence-corrected chi connectivity index (χ0v) is 29.9. The summed E-state index contributed by atoms with van der Waals surface area (Å²) in [4.78, 5) is 25.9. The lowest BCUT2D eigenvalue weighted by molar-refractivity contribution is -0.144. The van der Waals surface area contributed by atoms with Gasteiger partial charge in [0.15, 0.2) is 0 Å². The number of hydrogen-bond donors (Lipinski definition) is 1. The van der Waals surface area contributed by atoms with Crippen molar-refractivity contribution in [3.63, 3.8) is 0 Å². The first-order valence-corrected chi connectivity index (χ1v) is 19.5. The highest BCUT2D eigenvalue weighted by molar-refractivity contribution is 7.51. The van der Waals surface area contributed by atoms with Crippen molar-refractivity contribution in [3.8, 4) is 0 Å². The van der Waals surface area contributed by atoms with Crippen LogP contribution in [0.3, 0.4) is 0 Å². The second-order valence-electron chi connectivity index (χ2n) is 12.2. The molecule has 0 aromatic carbocycles. The molecule has 0 amide bonds. The molecule has 0 aromatic heterocycles. The van der Waals surface area contributed by atoms with Crippen molar-refractivity contribution in [2.75, 3.05) is 53.6 Å². The standard InChI is InChI=1S/C34H69N2O7P/c1-5-7-9-11-13-15-21-29-40-33(37)25-19-17-23-31-42-44(39,35-27-28-36(3)4)43-32-24-18-20-26-34(38)41-30-22-16-14-12-10-8-6-2/h5-32H2,1-4H3,(H,35,39). The minimum atomic E-state index is -3.43. The fourth-order valence-corrected chi connectivity index (χ4v) is 6.01. The lowest BCUT2D eigenvalue weighted by atomic mass is 10.1. The maximum absolute atomic E-state index is 13.2. The molecule has 0 spiro atoms. The summed E-state index contributed by atoms with van der Waals surface area (Å²) in [6.45, 7) is 7.24. The first kappa shape index (κ1) is 43.0. The predicted octanol–water partition coefficient (Wildman–Crippen LogP) is 8.99. The number of rotatable bonds is 34. The van der Waals surface area contributed by atoms with E-state index in [9.17, 15) is 14.2 Å². The van der Waals surface area contributed by atoms with E-state index in [0.29, 0.717) is 65.2 Å². The summed E-state index contributed by atoms with van der Waals surface area (Å²) in [5.74, 6) is -0.282. The third-order valence-corrected chi connectivity index (χ3v) is 9.12. The van der Waals surface area contributed by atoms with E-state index in [1.54, 1.807) is 0 Å². The minimum absolute atomic E-state index is 0.141. The molecule has 0 aliphatic carbocycles. The average molecular weight is 649 g/mol. The summed E-state index contributed by atoms with van der Waals surface area (Å²) in [5, 5.41) is 2.96. The molecule has 10 heteroatoms. The topological polar surface area (TPSA) is 103 Å². The van der Waals surface area contributed by atoms with Crippen LogP contribution in [0.15, 0.2) is 0 Å². The lowest BCUT2D eigenvalue weighted by Gasteiger charge is -2.20. The molecule has 0 radical (unpaired) electrons. The first-order chi connectivity index (χ1) is 21.3. The van der Waals surface area contributed by atoms with Crippen molar-refractivity contribution in [2.45, 2.75) is 155 Å². The maximum atomic E-state index is 13.2. The zero-order valence-electron chi connectivity index (χ0n) is 29.1. The highest BCUT2D eigenvalue weighted by Crippen LogP contribution is 2.43. The van der Waals surface area contributed by atoms with Crippen LogP contribution in [-0.2, 0) is 32.7 Å². The highest BCUT2D eigenvalue weighted by Gasteiger charge is 2.23. The van der Waals surface area contributed by atoms with E-state index in [4.69, 9.17) is 18.5 Å². The first-order valence-electron chi connectivity index (χ1n) is 17.9. The molecular weight excluding hydrogens is 579 g/mol. The summed E-state index contributed by atoms with van der Waals surface area (Å²) in [6, 6.07) is 0. The van der Waals surface area contributed by atoms with Crippen molar-refractivity contribution in [1.82, 2.24) is 9.99 Å². The number of esters is 2. The molecule has 262 valence electrons. The zero-order chi connectivity index (χ0) is 32.6. The fourth-order valence-electron chi connectivity index (χ4n) is 4.64. The molecule has 0 unspecified atom stereocenters. The second kappa shape index (κ2) is 32.0. The molecule has 0 atom stereocenters. The van der Waals surface area contributed by atoms with Crippen LogP contribution in [0.2, 0.25) is 0 Å². The molecule has 0 saturated heterocycles. The van der Waals surface area contributed by atoms with E-state index in [1.807, 2.05) is 19.0 Å². The number of nitrogens with zero attached hydrogens (tertiary/aromatic N) is 1. The van der Waals surface area contributed by atoms with Gasteiger partial charge in [-0.1, -0.05) is 104 Å². The van der Waals surface area contributed by atoms with Gasteiger partial charge in [0.05, 0.1) is 26.4 Å². The van der Waals surface area contributed by atoms with Crippen molar-refractivity contribution in [2.24, 2.45) is 0 Å². The van der Waals surface area contributed by atoms with E-state index in [2.05, 4.69) is 18.9 Å². The van der Waals surface area contributed by atoms with Crippen LogP contribution in [0, 0.1) is 0 Å². The van der Waals surface area contributed by atoms with Crippen LogP contribution in [0.25, 0.3) is 0 Å². The Balaban J connectivity index is 3.99. The van der Waals surface area contributed by atoms with Gasteiger partial charge in [0, 0.05) is 25.9 Å². The second-order valence-corrected chi connectivity index (χ2v) is 14.0. The average Bonchev–Trinajstić information content (AvgIpc) is 2.99. The van der Waals surface area contributed by atoms with Crippen LogP contribution in [0.1, 0.15) is 155 Å². The van der Waals surface area contributed by atoms with Gasteiger partial charge in [-0.2, -0.15) is 0 Å². The third kappa shape index (κ3) is 31.0. The molecule has 9 nitrogen and oxygen atoms in total. The quantitative estimate of drug-likeness (QED) is 0.0416.